The van der Waals surface area contributed by atoms with E-state index in [0.717, 1.165) is 35.3 Å². The number of aromatic nitrogens is 2. The second-order valence-corrected chi connectivity index (χ2v) is 7.89. The summed E-state index contributed by atoms with van der Waals surface area (Å²) in [5.41, 5.74) is 1.75. The van der Waals surface area contributed by atoms with Crippen LogP contribution in [0.5, 0.6) is 0 Å². The third kappa shape index (κ3) is 2.42. The quantitative estimate of drug-likeness (QED) is 0.639. The van der Waals surface area contributed by atoms with Crippen LogP contribution in [-0.2, 0) is 20.9 Å². The Morgan fingerprint density at radius 2 is 1.82 bits per heavy atom. The summed E-state index contributed by atoms with van der Waals surface area (Å²) in [7, 11) is 0. The number of carbonyl (C=O) groups is 3. The zero-order valence-corrected chi connectivity index (χ0v) is 15.7. The highest BCUT2D eigenvalue weighted by atomic mass is 16.2. The number of anilines is 1. The second-order valence-electron chi connectivity index (χ2n) is 7.89. The maximum absolute atomic E-state index is 12.8. The summed E-state index contributed by atoms with van der Waals surface area (Å²) in [6.07, 6.45) is 5.88. The van der Waals surface area contributed by atoms with Gasteiger partial charge in [-0.2, -0.15) is 0 Å². The Kier molecular flexibility index (Phi) is 3.86. The zero-order chi connectivity index (χ0) is 19.4. The monoisotopic (exact) mass is 378 g/mol. The van der Waals surface area contributed by atoms with E-state index in [2.05, 4.69) is 17.2 Å². The average molecular weight is 378 g/mol. The summed E-state index contributed by atoms with van der Waals surface area (Å²) in [6.45, 7) is 2.53. The number of hydrogen-bond donors (Lipinski definition) is 1. The molecule has 5 rings (SSSR count). The summed E-state index contributed by atoms with van der Waals surface area (Å²) in [5.74, 6) is -0.613. The van der Waals surface area contributed by atoms with Gasteiger partial charge in [0.25, 0.3) is 0 Å². The molecule has 2 fully saturated rings. The number of imide groups is 1. The van der Waals surface area contributed by atoms with Crippen LogP contribution in [0, 0.1) is 23.7 Å². The van der Waals surface area contributed by atoms with Gasteiger partial charge in [-0.3, -0.25) is 24.6 Å². The standard InChI is InChI=1S/C21H22N4O3/c1-2-9-24-15-6-4-3-5-14(15)22-21(24)23-16(26)11-25-19(27)17-12-7-8-13(10-12)18(17)20(25)28/h3-8,12-13,17-18H,2,9-11H2,1H3,(H,22,23,26)/t12-,13-,17-,18+/m0/s1. The topological polar surface area (TPSA) is 84.3 Å². The summed E-state index contributed by atoms with van der Waals surface area (Å²) in [5, 5.41) is 2.81. The fourth-order valence-electron chi connectivity index (χ4n) is 5.05. The van der Waals surface area contributed by atoms with E-state index in [-0.39, 0.29) is 42.0 Å². The lowest BCUT2D eigenvalue weighted by atomic mass is 9.85. The van der Waals surface area contributed by atoms with Crippen molar-refractivity contribution in [2.24, 2.45) is 23.7 Å². The number of aryl methyl sites for hydroxylation is 1. The molecule has 2 aromatic rings. The number of fused-ring (bicyclic) bond motifs is 6. The molecule has 2 bridgehead atoms. The molecule has 1 saturated carbocycles. The van der Waals surface area contributed by atoms with Crippen LogP contribution in [0.3, 0.4) is 0 Å². The maximum atomic E-state index is 12.8. The van der Waals surface area contributed by atoms with Gasteiger partial charge in [0.1, 0.15) is 6.54 Å². The van der Waals surface area contributed by atoms with E-state index in [0.29, 0.717) is 5.95 Å². The first kappa shape index (κ1) is 17.2. The second kappa shape index (κ2) is 6.29. The third-order valence-electron chi connectivity index (χ3n) is 6.22. The number of imidazole rings is 1. The highest BCUT2D eigenvalue weighted by Gasteiger charge is 2.59. The van der Waals surface area contributed by atoms with Gasteiger partial charge in [0.2, 0.25) is 23.7 Å². The molecule has 7 heteroatoms. The molecular weight excluding hydrogens is 356 g/mol. The lowest BCUT2D eigenvalue weighted by Crippen LogP contribution is -2.39. The van der Waals surface area contributed by atoms with Crippen molar-refractivity contribution >= 4 is 34.7 Å². The van der Waals surface area contributed by atoms with E-state index in [1.807, 2.05) is 41.0 Å². The fourth-order valence-corrected chi connectivity index (χ4v) is 5.05. The molecule has 0 radical (unpaired) electrons. The first-order chi connectivity index (χ1) is 13.6. The van der Waals surface area contributed by atoms with Gasteiger partial charge in [0, 0.05) is 6.54 Å². The first-order valence-electron chi connectivity index (χ1n) is 9.87. The molecule has 0 spiro atoms. The molecule has 2 heterocycles. The number of likely N-dealkylation sites (tertiary alicyclic amines) is 1. The molecule has 7 nitrogen and oxygen atoms in total. The van der Waals surface area contributed by atoms with Crippen LogP contribution in [0.1, 0.15) is 19.8 Å². The number of nitrogens with one attached hydrogen (secondary N) is 1. The van der Waals surface area contributed by atoms with Crippen molar-refractivity contribution in [1.82, 2.24) is 14.5 Å². The van der Waals surface area contributed by atoms with Gasteiger partial charge in [-0.1, -0.05) is 31.2 Å². The van der Waals surface area contributed by atoms with Crippen molar-refractivity contribution in [3.63, 3.8) is 0 Å². The summed E-state index contributed by atoms with van der Waals surface area (Å²) < 4.78 is 1.96. The largest absolute Gasteiger partial charge is 0.310 e. The minimum atomic E-state index is -0.394. The van der Waals surface area contributed by atoms with Gasteiger partial charge < -0.3 is 4.57 Å². The minimum Gasteiger partial charge on any atom is -0.310 e. The maximum Gasteiger partial charge on any atom is 0.246 e. The molecule has 1 saturated heterocycles. The van der Waals surface area contributed by atoms with Crippen LogP contribution in [-0.4, -0.2) is 38.7 Å². The Bertz CT molecular complexity index is 994. The van der Waals surface area contributed by atoms with E-state index >= 15 is 0 Å². The number of carbonyl (C=O) groups excluding carboxylic acids is 3. The number of benzene rings is 1. The van der Waals surface area contributed by atoms with Crippen LogP contribution < -0.4 is 5.32 Å². The molecule has 1 N–H and O–H groups in total. The summed E-state index contributed by atoms with van der Waals surface area (Å²) in [6, 6.07) is 7.70. The Morgan fingerprint density at radius 1 is 1.14 bits per heavy atom. The van der Waals surface area contributed by atoms with Gasteiger partial charge in [-0.15, -0.1) is 0 Å². The van der Waals surface area contributed by atoms with Crippen molar-refractivity contribution in [3.05, 3.63) is 36.4 Å². The van der Waals surface area contributed by atoms with E-state index < -0.39 is 5.91 Å². The van der Waals surface area contributed by atoms with Crippen molar-refractivity contribution < 1.29 is 14.4 Å². The summed E-state index contributed by atoms with van der Waals surface area (Å²) >= 11 is 0. The fraction of sp³-hybridized carbons (Fsp3) is 0.429. The molecule has 1 aromatic heterocycles. The first-order valence-corrected chi connectivity index (χ1v) is 9.87. The zero-order valence-electron chi connectivity index (χ0n) is 15.7. The molecular formula is C21H22N4O3. The van der Waals surface area contributed by atoms with Crippen LogP contribution in [0.15, 0.2) is 36.4 Å². The van der Waals surface area contributed by atoms with Crippen LogP contribution in [0.4, 0.5) is 5.95 Å². The van der Waals surface area contributed by atoms with Crippen LogP contribution in [0.25, 0.3) is 11.0 Å². The Labute approximate surface area is 162 Å². The number of allylic oxidation sites excluding steroid dienone is 2. The smallest absolute Gasteiger partial charge is 0.246 e. The van der Waals surface area contributed by atoms with E-state index in [1.165, 1.54) is 0 Å². The number of para-hydroxylation sites is 2. The van der Waals surface area contributed by atoms with E-state index in [1.54, 1.807) is 0 Å². The average Bonchev–Trinajstić information content (AvgIpc) is 3.42. The Morgan fingerprint density at radius 3 is 2.50 bits per heavy atom. The van der Waals surface area contributed by atoms with E-state index in [4.69, 9.17) is 0 Å². The molecule has 1 aromatic carbocycles. The van der Waals surface area contributed by atoms with Gasteiger partial charge in [0.05, 0.1) is 22.9 Å². The number of nitrogens with zero attached hydrogens (tertiary/aromatic N) is 3. The van der Waals surface area contributed by atoms with Crippen LogP contribution in [0.2, 0.25) is 0 Å². The molecule has 3 aliphatic rings. The normalized spacial score (nSPS) is 27.8. The van der Waals surface area contributed by atoms with Gasteiger partial charge >= 0.3 is 0 Å². The third-order valence-corrected chi connectivity index (χ3v) is 6.22. The van der Waals surface area contributed by atoms with Crippen LogP contribution >= 0.6 is 0 Å². The van der Waals surface area contributed by atoms with Crippen molar-refractivity contribution in [3.8, 4) is 0 Å². The molecule has 1 aliphatic heterocycles. The van der Waals surface area contributed by atoms with Gasteiger partial charge in [-0.25, -0.2) is 4.98 Å². The number of rotatable bonds is 5. The van der Waals surface area contributed by atoms with Gasteiger partial charge in [0.15, 0.2) is 0 Å². The summed E-state index contributed by atoms with van der Waals surface area (Å²) in [4.78, 5) is 43.8. The lowest BCUT2D eigenvalue weighted by molar-refractivity contribution is -0.143. The van der Waals surface area contributed by atoms with Crippen molar-refractivity contribution in [1.29, 1.82) is 0 Å². The SMILES string of the molecule is CCCn1c(NC(=O)CN2C(=O)[C@@H]3[C@H](C2=O)[C@H]2C=C[C@H]3C2)nc2ccccc21. The van der Waals surface area contributed by atoms with Gasteiger partial charge in [-0.05, 0) is 36.8 Å². The molecule has 0 unspecified atom stereocenters. The predicted octanol–water partition coefficient (Wildman–Crippen LogP) is 2.19. The number of hydrogen-bond acceptors (Lipinski definition) is 4. The number of amides is 3. The minimum absolute atomic E-state index is 0.147. The Balaban J connectivity index is 1.35. The highest BCUT2D eigenvalue weighted by molar-refractivity contribution is 6.09. The Hall–Kier alpha value is -2.96. The highest BCUT2D eigenvalue weighted by Crippen LogP contribution is 2.52. The molecule has 28 heavy (non-hydrogen) atoms. The van der Waals surface area contributed by atoms with E-state index in [9.17, 15) is 14.4 Å². The molecule has 4 atom stereocenters. The predicted molar refractivity (Wildman–Crippen MR) is 103 cm³/mol. The lowest BCUT2D eigenvalue weighted by Gasteiger charge is -2.17. The van der Waals surface area contributed by atoms with Crippen molar-refractivity contribution in [2.45, 2.75) is 26.3 Å². The molecule has 3 amide bonds. The molecule has 144 valence electrons. The molecule has 2 aliphatic carbocycles. The van der Waals surface area contributed by atoms with Crippen molar-refractivity contribution in [2.75, 3.05) is 11.9 Å².